The van der Waals surface area contributed by atoms with Crippen molar-refractivity contribution in [3.05, 3.63) is 71.8 Å². The minimum atomic E-state index is -5.08. The molecular formula is C25H25F3N4O6S. The number of nitrogens with one attached hydrogen (secondary N) is 1. The molecule has 1 aliphatic heterocycles. The Kier molecular flexibility index (Phi) is 9.14. The Morgan fingerprint density at radius 2 is 1.85 bits per heavy atom. The van der Waals surface area contributed by atoms with Crippen molar-refractivity contribution in [1.82, 2.24) is 9.62 Å². The van der Waals surface area contributed by atoms with Gasteiger partial charge in [0.15, 0.2) is 0 Å². The molecule has 1 aliphatic rings. The van der Waals surface area contributed by atoms with Gasteiger partial charge in [-0.3, -0.25) is 4.79 Å². The lowest BCUT2D eigenvalue weighted by molar-refractivity contribution is -0.192. The molecule has 0 bridgehead atoms. The summed E-state index contributed by atoms with van der Waals surface area (Å²) in [6, 6.07) is 17.0. The van der Waals surface area contributed by atoms with Gasteiger partial charge in [0.1, 0.15) is 11.8 Å². The van der Waals surface area contributed by atoms with Crippen LogP contribution in [0.5, 0.6) is 5.75 Å². The summed E-state index contributed by atoms with van der Waals surface area (Å²) in [5, 5.41) is 12.3. The minimum absolute atomic E-state index is 0.121. The highest BCUT2D eigenvalue weighted by Gasteiger charge is 2.38. The fraction of sp³-hybridized carbons (Fsp3) is 0.240. The summed E-state index contributed by atoms with van der Waals surface area (Å²) in [5.41, 5.74) is 1.76. The van der Waals surface area contributed by atoms with Crippen LogP contribution < -0.4 is 15.3 Å². The molecule has 1 amide bonds. The van der Waals surface area contributed by atoms with Crippen molar-refractivity contribution < 1.29 is 41.0 Å². The van der Waals surface area contributed by atoms with Crippen LogP contribution in [0, 0.1) is 0 Å². The number of carboxylic acids is 1. The molecule has 1 heterocycles. The summed E-state index contributed by atoms with van der Waals surface area (Å²) in [6.45, 7) is 0.861. The standard InChI is InChI=1S/C23H24N4O4S.C2HF3O2/c1-31-20-7-5-19-13-21(8-6-18(19)12-20)32(29,30)26-22-9-10-27(23(22)28)15-17-4-2-3-16(11-17)14-25-24;3-2(4,5)1(6)7/h2-8,11-14,22,26H,9-10,15,24H2,1H3;(H,6,7)/t22-;/m0./s1. The van der Waals surface area contributed by atoms with Crippen molar-refractivity contribution in [3.63, 3.8) is 0 Å². The van der Waals surface area contributed by atoms with Crippen molar-refractivity contribution in [2.24, 2.45) is 10.9 Å². The van der Waals surface area contributed by atoms with Crippen LogP contribution in [-0.2, 0) is 26.2 Å². The molecule has 1 saturated heterocycles. The third-order valence-electron chi connectivity index (χ3n) is 5.71. The maximum Gasteiger partial charge on any atom is 0.490 e. The van der Waals surface area contributed by atoms with Crippen LogP contribution >= 0.6 is 0 Å². The highest BCUT2D eigenvalue weighted by atomic mass is 32.2. The van der Waals surface area contributed by atoms with Gasteiger partial charge in [-0.25, -0.2) is 13.2 Å². The lowest BCUT2D eigenvalue weighted by atomic mass is 10.1. The number of carbonyl (C=O) groups excluding carboxylic acids is 1. The summed E-state index contributed by atoms with van der Waals surface area (Å²) in [4.78, 5) is 23.5. The van der Waals surface area contributed by atoms with E-state index in [1.54, 1.807) is 36.3 Å². The van der Waals surface area contributed by atoms with E-state index in [0.717, 1.165) is 21.9 Å². The maximum absolute atomic E-state index is 12.9. The zero-order valence-electron chi connectivity index (χ0n) is 20.6. The SMILES string of the molecule is COc1ccc2cc(S(=O)(=O)N[C@H]3CCN(Cc4cccc(C=NN)c4)C3=O)ccc2c1.O=C(O)C(F)(F)F. The monoisotopic (exact) mass is 566 g/mol. The fourth-order valence-corrected chi connectivity index (χ4v) is 5.09. The summed E-state index contributed by atoms with van der Waals surface area (Å²) < 4.78 is 65.4. The number of rotatable bonds is 7. The van der Waals surface area contributed by atoms with Gasteiger partial charge in [0.05, 0.1) is 18.2 Å². The molecule has 4 N–H and O–H groups in total. The van der Waals surface area contributed by atoms with Crippen molar-refractivity contribution in [2.45, 2.75) is 30.1 Å². The lowest BCUT2D eigenvalue weighted by Crippen LogP contribution is -2.41. The second-order valence-corrected chi connectivity index (χ2v) is 10.1. The second-order valence-electron chi connectivity index (χ2n) is 8.42. The molecule has 39 heavy (non-hydrogen) atoms. The zero-order chi connectivity index (χ0) is 28.8. The molecule has 0 radical (unpaired) electrons. The number of hydrogen-bond acceptors (Lipinski definition) is 7. The minimum Gasteiger partial charge on any atom is -0.497 e. The Morgan fingerprint density at radius 3 is 2.49 bits per heavy atom. The number of nitrogens with two attached hydrogens (primary N) is 1. The molecule has 1 fully saturated rings. The Hall–Kier alpha value is -4.17. The average molecular weight is 567 g/mol. The Bertz CT molecular complexity index is 1490. The number of ether oxygens (including phenoxy) is 1. The van der Waals surface area contributed by atoms with E-state index in [1.165, 1.54) is 12.3 Å². The number of carbonyl (C=O) groups is 2. The number of methoxy groups -OCH3 is 1. The second kappa shape index (κ2) is 12.1. The zero-order valence-corrected chi connectivity index (χ0v) is 21.4. The lowest BCUT2D eigenvalue weighted by Gasteiger charge is -2.18. The largest absolute Gasteiger partial charge is 0.497 e. The van der Waals surface area contributed by atoms with Crippen LogP contribution in [0.4, 0.5) is 13.2 Å². The highest BCUT2D eigenvalue weighted by Crippen LogP contribution is 2.25. The quantitative estimate of drug-likeness (QED) is 0.226. The molecular weight excluding hydrogens is 541 g/mol. The van der Waals surface area contributed by atoms with Crippen molar-refractivity contribution in [3.8, 4) is 5.75 Å². The van der Waals surface area contributed by atoms with Crippen LogP contribution in [0.25, 0.3) is 10.8 Å². The number of fused-ring (bicyclic) bond motifs is 1. The smallest absolute Gasteiger partial charge is 0.490 e. The van der Waals surface area contributed by atoms with Gasteiger partial charge in [0, 0.05) is 13.1 Å². The first kappa shape index (κ1) is 29.4. The third-order valence-corrected chi connectivity index (χ3v) is 7.18. The number of likely N-dealkylation sites (tertiary alicyclic amines) is 1. The maximum atomic E-state index is 12.9. The predicted octanol–water partition coefficient (Wildman–Crippen LogP) is 2.85. The average Bonchev–Trinajstić information content (AvgIpc) is 3.21. The molecule has 14 heteroatoms. The first-order valence-corrected chi connectivity index (χ1v) is 12.8. The van der Waals surface area contributed by atoms with Crippen LogP contribution in [0.2, 0.25) is 0 Å². The van der Waals surface area contributed by atoms with E-state index in [0.29, 0.717) is 25.3 Å². The number of alkyl halides is 3. The van der Waals surface area contributed by atoms with E-state index in [9.17, 15) is 26.4 Å². The number of amides is 1. The van der Waals surface area contributed by atoms with Gasteiger partial charge in [0.2, 0.25) is 15.9 Å². The number of nitrogens with zero attached hydrogens (tertiary/aromatic N) is 2. The molecule has 4 rings (SSSR count). The summed E-state index contributed by atoms with van der Waals surface area (Å²) in [6.07, 6.45) is -3.14. The number of carboxylic acid groups (broad SMARTS) is 1. The number of sulfonamides is 1. The van der Waals surface area contributed by atoms with E-state index in [4.69, 9.17) is 20.5 Å². The van der Waals surface area contributed by atoms with Gasteiger partial charge >= 0.3 is 12.1 Å². The molecule has 208 valence electrons. The number of hydrazone groups is 1. The first-order chi connectivity index (χ1) is 18.3. The number of aliphatic carboxylic acids is 1. The van der Waals surface area contributed by atoms with E-state index in [2.05, 4.69) is 9.82 Å². The Labute approximate surface area is 221 Å². The van der Waals surface area contributed by atoms with Crippen LogP contribution in [0.3, 0.4) is 0 Å². The van der Waals surface area contributed by atoms with Gasteiger partial charge in [-0.15, -0.1) is 0 Å². The predicted molar refractivity (Wildman–Crippen MR) is 137 cm³/mol. The van der Waals surface area contributed by atoms with E-state index in [1.807, 2.05) is 30.3 Å². The van der Waals surface area contributed by atoms with Crippen molar-refractivity contribution in [2.75, 3.05) is 13.7 Å². The van der Waals surface area contributed by atoms with Crippen LogP contribution in [-0.4, -0.2) is 62.4 Å². The molecule has 3 aromatic carbocycles. The molecule has 10 nitrogen and oxygen atoms in total. The first-order valence-electron chi connectivity index (χ1n) is 11.4. The van der Waals surface area contributed by atoms with Crippen molar-refractivity contribution in [1.29, 1.82) is 0 Å². The Balaban J connectivity index is 0.000000532. The normalized spacial score (nSPS) is 15.8. The van der Waals surface area contributed by atoms with Gasteiger partial charge in [-0.2, -0.15) is 23.0 Å². The number of benzene rings is 3. The molecule has 0 spiro atoms. The molecule has 1 atom stereocenters. The number of hydrogen-bond donors (Lipinski definition) is 3. The van der Waals surface area contributed by atoms with E-state index in [-0.39, 0.29) is 10.8 Å². The number of halogens is 3. The summed E-state index contributed by atoms with van der Waals surface area (Å²) in [7, 11) is -2.27. The highest BCUT2D eigenvalue weighted by molar-refractivity contribution is 7.89. The topological polar surface area (TPSA) is 151 Å². The summed E-state index contributed by atoms with van der Waals surface area (Å²) in [5.74, 6) is 2.90. The van der Waals surface area contributed by atoms with Gasteiger partial charge < -0.3 is 20.6 Å². The van der Waals surface area contributed by atoms with Gasteiger partial charge in [-0.1, -0.05) is 30.3 Å². The fourth-order valence-electron chi connectivity index (χ4n) is 3.83. The third kappa shape index (κ3) is 7.67. The van der Waals surface area contributed by atoms with E-state index >= 15 is 0 Å². The molecule has 0 unspecified atom stereocenters. The molecule has 0 aromatic heterocycles. The van der Waals surface area contributed by atoms with Gasteiger partial charge in [-0.05, 0) is 58.7 Å². The summed E-state index contributed by atoms with van der Waals surface area (Å²) >= 11 is 0. The molecule has 0 saturated carbocycles. The van der Waals surface area contributed by atoms with Crippen LogP contribution in [0.1, 0.15) is 17.5 Å². The van der Waals surface area contributed by atoms with Crippen molar-refractivity contribution >= 4 is 38.9 Å². The van der Waals surface area contributed by atoms with Gasteiger partial charge in [0.25, 0.3) is 0 Å². The van der Waals surface area contributed by atoms with Crippen LogP contribution in [0.15, 0.2) is 70.7 Å². The molecule has 0 aliphatic carbocycles. The molecule has 3 aromatic rings. The van der Waals surface area contributed by atoms with E-state index < -0.39 is 28.2 Å². The Morgan fingerprint density at radius 1 is 1.18 bits per heavy atom.